The van der Waals surface area contributed by atoms with E-state index in [0.717, 1.165) is 11.3 Å². The number of rotatable bonds is 4. The Hall–Kier alpha value is -1.52. The quantitative estimate of drug-likeness (QED) is 0.881. The minimum absolute atomic E-state index is 0.340. The van der Waals surface area contributed by atoms with Crippen LogP contribution in [0, 0.1) is 0 Å². The van der Waals surface area contributed by atoms with Gasteiger partial charge in [-0.2, -0.15) is 0 Å². The summed E-state index contributed by atoms with van der Waals surface area (Å²) in [7, 11) is 0.332. The molecule has 0 radical (unpaired) electrons. The third kappa shape index (κ3) is 3.28. The smallest absolute Gasteiger partial charge is 0.122 e. The zero-order valence-corrected chi connectivity index (χ0v) is 12.0. The van der Waals surface area contributed by atoms with Gasteiger partial charge in [-0.25, -0.2) is 0 Å². The van der Waals surface area contributed by atoms with Crippen LogP contribution in [-0.4, -0.2) is 11.3 Å². The number of ether oxygens (including phenoxy) is 1. The van der Waals surface area contributed by atoms with Crippen LogP contribution < -0.4 is 10.5 Å². The molecule has 0 fully saturated rings. The van der Waals surface area contributed by atoms with E-state index in [0.29, 0.717) is 21.4 Å². The first-order chi connectivity index (χ1) is 9.11. The predicted molar refractivity (Wildman–Crippen MR) is 79.0 cm³/mol. The van der Waals surface area contributed by atoms with Crippen LogP contribution in [0.5, 0.6) is 5.75 Å². The van der Waals surface area contributed by atoms with Gasteiger partial charge in [0, 0.05) is 11.3 Å². The first kappa shape index (κ1) is 13.9. The lowest BCUT2D eigenvalue weighted by Gasteiger charge is -2.09. The standard InChI is InChI=1S/C14H14ClNO2S/c1-18-13-5-3-2-4-10(13)9-19(17)14-8-11(16)6-7-12(14)15/h2-8H,9,16H2,1H3. The van der Waals surface area contributed by atoms with Crippen LogP contribution in [0.1, 0.15) is 5.56 Å². The van der Waals surface area contributed by atoms with Crippen molar-refractivity contribution in [3.8, 4) is 5.75 Å². The summed E-state index contributed by atoms with van der Waals surface area (Å²) in [5.41, 5.74) is 7.12. The third-order valence-corrected chi connectivity index (χ3v) is 4.52. The number of hydrogen-bond donors (Lipinski definition) is 1. The summed E-state index contributed by atoms with van der Waals surface area (Å²) < 4.78 is 17.6. The molecule has 0 amide bonds. The molecular weight excluding hydrogens is 282 g/mol. The topological polar surface area (TPSA) is 52.3 Å². The maximum atomic E-state index is 12.4. The predicted octanol–water partition coefficient (Wildman–Crippen LogP) is 3.24. The molecule has 1 atom stereocenters. The summed E-state index contributed by atoms with van der Waals surface area (Å²) in [5.74, 6) is 1.06. The second-order valence-electron chi connectivity index (χ2n) is 3.99. The minimum atomic E-state index is -1.26. The van der Waals surface area contributed by atoms with E-state index in [-0.39, 0.29) is 0 Å². The van der Waals surface area contributed by atoms with Crippen LogP contribution in [-0.2, 0) is 16.6 Å². The normalized spacial score (nSPS) is 12.1. The largest absolute Gasteiger partial charge is 0.496 e. The van der Waals surface area contributed by atoms with Crippen molar-refractivity contribution in [1.29, 1.82) is 0 Å². The molecule has 0 spiro atoms. The summed E-state index contributed by atoms with van der Waals surface area (Å²) in [6.45, 7) is 0. The lowest BCUT2D eigenvalue weighted by molar-refractivity contribution is 0.411. The van der Waals surface area contributed by atoms with Crippen LogP contribution in [0.4, 0.5) is 5.69 Å². The Bertz CT molecular complexity index is 616. The molecule has 0 aliphatic heterocycles. The van der Waals surface area contributed by atoms with Crippen molar-refractivity contribution < 1.29 is 8.95 Å². The van der Waals surface area contributed by atoms with E-state index in [2.05, 4.69) is 0 Å². The van der Waals surface area contributed by atoms with Gasteiger partial charge >= 0.3 is 0 Å². The van der Waals surface area contributed by atoms with E-state index in [1.165, 1.54) is 0 Å². The first-order valence-electron chi connectivity index (χ1n) is 5.67. The lowest BCUT2D eigenvalue weighted by Crippen LogP contribution is -2.00. The Morgan fingerprint density at radius 2 is 2.00 bits per heavy atom. The van der Waals surface area contributed by atoms with Crippen LogP contribution in [0.3, 0.4) is 0 Å². The molecule has 0 saturated heterocycles. The van der Waals surface area contributed by atoms with E-state index in [4.69, 9.17) is 22.1 Å². The molecule has 0 bridgehead atoms. The zero-order chi connectivity index (χ0) is 13.8. The third-order valence-electron chi connectivity index (χ3n) is 2.68. The average Bonchev–Trinajstić information content (AvgIpc) is 2.42. The Kier molecular flexibility index (Phi) is 4.45. The van der Waals surface area contributed by atoms with Gasteiger partial charge in [-0.1, -0.05) is 29.8 Å². The maximum absolute atomic E-state index is 12.4. The molecule has 19 heavy (non-hydrogen) atoms. The minimum Gasteiger partial charge on any atom is -0.496 e. The second-order valence-corrected chi connectivity index (χ2v) is 5.82. The molecule has 0 aromatic heterocycles. The molecule has 1 unspecified atom stereocenters. The van der Waals surface area contributed by atoms with Gasteiger partial charge in [0.05, 0.1) is 33.6 Å². The highest BCUT2D eigenvalue weighted by molar-refractivity contribution is 7.84. The SMILES string of the molecule is COc1ccccc1CS(=O)c1cc(N)ccc1Cl. The molecule has 5 heteroatoms. The fourth-order valence-corrected chi connectivity index (χ4v) is 3.34. The van der Waals surface area contributed by atoms with Crippen LogP contribution in [0.25, 0.3) is 0 Å². The molecule has 0 saturated carbocycles. The second kappa shape index (κ2) is 6.08. The van der Waals surface area contributed by atoms with Gasteiger partial charge in [-0.15, -0.1) is 0 Å². The Morgan fingerprint density at radius 3 is 2.74 bits per heavy atom. The van der Waals surface area contributed by atoms with Gasteiger partial charge in [0.15, 0.2) is 0 Å². The number of benzene rings is 2. The van der Waals surface area contributed by atoms with Crippen molar-refractivity contribution in [1.82, 2.24) is 0 Å². The molecule has 2 aromatic carbocycles. The monoisotopic (exact) mass is 295 g/mol. The fourth-order valence-electron chi connectivity index (χ4n) is 1.74. The molecule has 2 rings (SSSR count). The highest BCUT2D eigenvalue weighted by Crippen LogP contribution is 2.26. The first-order valence-corrected chi connectivity index (χ1v) is 7.37. The van der Waals surface area contributed by atoms with E-state index in [9.17, 15) is 4.21 Å². The van der Waals surface area contributed by atoms with Crippen LogP contribution >= 0.6 is 11.6 Å². The number of nitrogen functional groups attached to an aromatic ring is 1. The zero-order valence-electron chi connectivity index (χ0n) is 10.4. The molecule has 2 aromatic rings. The number of halogens is 1. The van der Waals surface area contributed by atoms with Crippen LogP contribution in [0.2, 0.25) is 5.02 Å². The molecule has 0 aliphatic rings. The van der Waals surface area contributed by atoms with Crippen molar-refractivity contribution >= 4 is 28.1 Å². The molecule has 100 valence electrons. The van der Waals surface area contributed by atoms with E-state index < -0.39 is 10.8 Å². The number of methoxy groups -OCH3 is 1. The van der Waals surface area contributed by atoms with Gasteiger partial charge in [0.25, 0.3) is 0 Å². The average molecular weight is 296 g/mol. The van der Waals surface area contributed by atoms with Gasteiger partial charge in [0.1, 0.15) is 5.75 Å². The van der Waals surface area contributed by atoms with Crippen molar-refractivity contribution in [3.05, 3.63) is 53.1 Å². The highest BCUT2D eigenvalue weighted by Gasteiger charge is 2.12. The number of nitrogens with two attached hydrogens (primary N) is 1. The highest BCUT2D eigenvalue weighted by atomic mass is 35.5. The molecule has 3 nitrogen and oxygen atoms in total. The summed E-state index contributed by atoms with van der Waals surface area (Å²) in [4.78, 5) is 0.549. The molecule has 2 N–H and O–H groups in total. The summed E-state index contributed by atoms with van der Waals surface area (Å²) in [5, 5.41) is 0.461. The van der Waals surface area contributed by atoms with Crippen LogP contribution in [0.15, 0.2) is 47.4 Å². The fraction of sp³-hybridized carbons (Fsp3) is 0.143. The van der Waals surface area contributed by atoms with E-state index in [1.807, 2.05) is 24.3 Å². The Balaban J connectivity index is 2.28. The van der Waals surface area contributed by atoms with Crippen molar-refractivity contribution in [2.45, 2.75) is 10.6 Å². The van der Waals surface area contributed by atoms with Crippen molar-refractivity contribution in [2.24, 2.45) is 0 Å². The Labute approximate surface area is 119 Å². The Morgan fingerprint density at radius 1 is 1.26 bits per heavy atom. The van der Waals surface area contributed by atoms with Crippen molar-refractivity contribution in [2.75, 3.05) is 12.8 Å². The van der Waals surface area contributed by atoms with Gasteiger partial charge < -0.3 is 10.5 Å². The summed E-state index contributed by atoms with van der Waals surface area (Å²) in [6, 6.07) is 12.5. The van der Waals surface area contributed by atoms with Gasteiger partial charge in [-0.05, 0) is 24.3 Å². The number of anilines is 1. The van der Waals surface area contributed by atoms with E-state index >= 15 is 0 Å². The summed E-state index contributed by atoms with van der Waals surface area (Å²) in [6.07, 6.45) is 0. The van der Waals surface area contributed by atoms with Gasteiger partial charge in [-0.3, -0.25) is 4.21 Å². The van der Waals surface area contributed by atoms with E-state index in [1.54, 1.807) is 25.3 Å². The van der Waals surface area contributed by atoms with Gasteiger partial charge in [0.2, 0.25) is 0 Å². The lowest BCUT2D eigenvalue weighted by atomic mass is 10.2. The molecule has 0 heterocycles. The molecule has 0 aliphatic carbocycles. The molecular formula is C14H14ClNO2S. The maximum Gasteiger partial charge on any atom is 0.122 e. The number of para-hydroxylation sites is 1. The van der Waals surface area contributed by atoms with Crippen molar-refractivity contribution in [3.63, 3.8) is 0 Å². The summed E-state index contributed by atoms with van der Waals surface area (Å²) >= 11 is 6.05. The number of hydrogen-bond acceptors (Lipinski definition) is 3.